The number of carbonyl (C=O) groups is 1. The summed E-state index contributed by atoms with van der Waals surface area (Å²) in [5.41, 5.74) is 1.74. The van der Waals surface area contributed by atoms with Crippen LogP contribution >= 0.6 is 11.3 Å². The fourth-order valence-corrected chi connectivity index (χ4v) is 4.02. The van der Waals surface area contributed by atoms with E-state index in [0.717, 1.165) is 5.69 Å². The number of amides is 1. The molecule has 0 saturated heterocycles. The van der Waals surface area contributed by atoms with Crippen molar-refractivity contribution in [1.29, 1.82) is 0 Å². The standard InChI is InChI=1S/C23H24N8O3S/c1-12-8-9-18(29-28-12)27-19-10-16(20(31-30-19)22(33)24-3)26-15-7-5-6-14(21(15)34-4)23-25-11-17(35-23)13(2)32/h5-11,13,32H,1-4H3,(H,24,33)(H2,26,27,29,30)/i3D3. The lowest BCUT2D eigenvalue weighted by Crippen LogP contribution is -2.21. The molecule has 11 nitrogen and oxygen atoms in total. The molecule has 4 aromatic rings. The van der Waals surface area contributed by atoms with Crippen LogP contribution in [0, 0.1) is 6.92 Å². The highest BCUT2D eigenvalue weighted by atomic mass is 32.1. The minimum atomic E-state index is -2.73. The van der Waals surface area contributed by atoms with E-state index in [2.05, 4.69) is 36.0 Å². The molecule has 180 valence electrons. The third-order valence-corrected chi connectivity index (χ3v) is 6.03. The summed E-state index contributed by atoms with van der Waals surface area (Å²) < 4.78 is 27.8. The molecular weight excluding hydrogens is 468 g/mol. The quantitative estimate of drug-likeness (QED) is 0.286. The monoisotopic (exact) mass is 495 g/mol. The number of benzene rings is 1. The van der Waals surface area contributed by atoms with Crippen molar-refractivity contribution in [3.63, 3.8) is 0 Å². The SMILES string of the molecule is [2H]C([2H])([2H])NC(=O)c1nnc(Nc2ccc(C)nn2)cc1Nc1cccc(-c2ncc(C(C)O)s2)c1OC. The van der Waals surface area contributed by atoms with Gasteiger partial charge in [-0.25, -0.2) is 4.98 Å². The van der Waals surface area contributed by atoms with Crippen LogP contribution in [-0.2, 0) is 0 Å². The van der Waals surface area contributed by atoms with E-state index in [0.29, 0.717) is 32.7 Å². The molecule has 4 N–H and O–H groups in total. The first kappa shape index (κ1) is 20.2. The Bertz CT molecular complexity index is 1440. The zero-order chi connectivity index (χ0) is 27.4. The summed E-state index contributed by atoms with van der Waals surface area (Å²) in [6, 6.07) is 10.2. The first-order valence-corrected chi connectivity index (χ1v) is 11.2. The summed E-state index contributed by atoms with van der Waals surface area (Å²) in [6.07, 6.45) is 0.931. The summed E-state index contributed by atoms with van der Waals surface area (Å²) in [7, 11) is 1.49. The fourth-order valence-electron chi connectivity index (χ4n) is 3.14. The number of aliphatic hydroxyl groups is 1. The predicted molar refractivity (Wildman–Crippen MR) is 133 cm³/mol. The van der Waals surface area contributed by atoms with E-state index in [9.17, 15) is 9.90 Å². The molecule has 0 saturated carbocycles. The Balaban J connectivity index is 1.74. The number of anilines is 4. The van der Waals surface area contributed by atoms with Crippen LogP contribution < -0.4 is 20.7 Å². The fraction of sp³-hybridized carbons (Fsp3) is 0.217. The van der Waals surface area contributed by atoms with Crippen molar-refractivity contribution in [2.45, 2.75) is 20.0 Å². The van der Waals surface area contributed by atoms with Crippen LogP contribution in [0.15, 0.2) is 42.6 Å². The first-order valence-electron chi connectivity index (χ1n) is 11.9. The molecular formula is C23H24N8O3S. The lowest BCUT2D eigenvalue weighted by molar-refractivity contribution is 0.0958. The van der Waals surface area contributed by atoms with Gasteiger partial charge in [-0.3, -0.25) is 4.79 Å². The Morgan fingerprint density at radius 2 is 1.94 bits per heavy atom. The number of ether oxygens (including phenoxy) is 1. The van der Waals surface area contributed by atoms with Crippen LogP contribution in [0.25, 0.3) is 10.6 Å². The maximum Gasteiger partial charge on any atom is 0.273 e. The third kappa shape index (κ3) is 5.34. The van der Waals surface area contributed by atoms with E-state index in [4.69, 9.17) is 8.85 Å². The van der Waals surface area contributed by atoms with E-state index < -0.39 is 19.0 Å². The average Bonchev–Trinajstić information content (AvgIpc) is 3.35. The van der Waals surface area contributed by atoms with Gasteiger partial charge in [0.15, 0.2) is 23.1 Å². The molecule has 0 fully saturated rings. The molecule has 3 aromatic heterocycles. The second-order valence-electron chi connectivity index (χ2n) is 7.39. The summed E-state index contributed by atoms with van der Waals surface area (Å²) >= 11 is 1.32. The van der Waals surface area contributed by atoms with E-state index in [-0.39, 0.29) is 17.2 Å². The number of aliphatic hydroxyl groups excluding tert-OH is 1. The molecule has 12 heteroatoms. The van der Waals surface area contributed by atoms with Crippen molar-refractivity contribution < 1.29 is 18.8 Å². The molecule has 1 aromatic carbocycles. The number of hydrogen-bond acceptors (Lipinski definition) is 11. The number of nitrogens with one attached hydrogen (secondary N) is 3. The molecule has 1 amide bonds. The first-order chi connectivity index (χ1) is 18.0. The number of rotatable bonds is 8. The second-order valence-corrected chi connectivity index (χ2v) is 8.45. The van der Waals surface area contributed by atoms with Crippen LogP contribution in [0.5, 0.6) is 5.75 Å². The van der Waals surface area contributed by atoms with E-state index >= 15 is 0 Å². The number of aromatic nitrogens is 5. The van der Waals surface area contributed by atoms with Crippen molar-refractivity contribution in [1.82, 2.24) is 30.7 Å². The normalized spacial score (nSPS) is 13.2. The largest absolute Gasteiger partial charge is 0.494 e. The predicted octanol–water partition coefficient (Wildman–Crippen LogP) is 3.61. The number of nitrogens with zero attached hydrogens (tertiary/aromatic N) is 5. The number of thiazole rings is 1. The maximum atomic E-state index is 12.8. The molecule has 0 bridgehead atoms. The Morgan fingerprint density at radius 3 is 2.63 bits per heavy atom. The zero-order valence-corrected chi connectivity index (χ0v) is 19.8. The summed E-state index contributed by atoms with van der Waals surface area (Å²) in [4.78, 5) is 17.9. The van der Waals surface area contributed by atoms with Gasteiger partial charge in [0, 0.05) is 23.4 Å². The highest BCUT2D eigenvalue weighted by molar-refractivity contribution is 7.15. The number of methoxy groups -OCH3 is 1. The van der Waals surface area contributed by atoms with Crippen molar-refractivity contribution in [2.24, 2.45) is 0 Å². The van der Waals surface area contributed by atoms with Crippen LogP contribution in [0.1, 0.15) is 38.2 Å². The summed E-state index contributed by atoms with van der Waals surface area (Å²) in [5.74, 6) is 0.0932. The Kier molecular flexibility index (Phi) is 6.02. The topological polar surface area (TPSA) is 147 Å². The van der Waals surface area contributed by atoms with E-state index in [1.165, 1.54) is 24.5 Å². The number of para-hydroxylation sites is 1. The molecule has 4 rings (SSSR count). The average molecular weight is 496 g/mol. The Hall–Kier alpha value is -4.16. The number of hydrogen-bond donors (Lipinski definition) is 4. The van der Waals surface area contributed by atoms with Crippen molar-refractivity contribution in [3.05, 3.63) is 58.9 Å². The second kappa shape index (κ2) is 10.4. The van der Waals surface area contributed by atoms with E-state index in [1.54, 1.807) is 44.3 Å². The van der Waals surface area contributed by atoms with Crippen LogP contribution in [0.4, 0.5) is 23.0 Å². The van der Waals surface area contributed by atoms with Crippen LogP contribution in [0.3, 0.4) is 0 Å². The van der Waals surface area contributed by atoms with Gasteiger partial charge in [0.25, 0.3) is 5.91 Å². The van der Waals surface area contributed by atoms with Crippen LogP contribution in [0.2, 0.25) is 0 Å². The molecule has 0 aliphatic rings. The Morgan fingerprint density at radius 1 is 1.11 bits per heavy atom. The van der Waals surface area contributed by atoms with Crippen LogP contribution in [-0.4, -0.2) is 50.5 Å². The van der Waals surface area contributed by atoms with Gasteiger partial charge in [0.2, 0.25) is 0 Å². The summed E-state index contributed by atoms with van der Waals surface area (Å²) in [5, 5.41) is 34.5. The zero-order valence-electron chi connectivity index (χ0n) is 22.0. The molecule has 0 aliphatic carbocycles. The van der Waals surface area contributed by atoms with Gasteiger partial charge in [-0.05, 0) is 38.1 Å². The molecule has 1 atom stereocenters. The third-order valence-electron chi connectivity index (χ3n) is 4.83. The van der Waals surface area contributed by atoms with E-state index in [1.807, 2.05) is 11.4 Å². The molecule has 0 radical (unpaired) electrons. The smallest absolute Gasteiger partial charge is 0.273 e. The van der Waals surface area contributed by atoms with Crippen molar-refractivity contribution in [2.75, 3.05) is 24.7 Å². The lowest BCUT2D eigenvalue weighted by atomic mass is 10.1. The van der Waals surface area contributed by atoms with Gasteiger partial charge < -0.3 is 25.8 Å². The molecule has 0 aliphatic heterocycles. The van der Waals surface area contributed by atoms with Crippen molar-refractivity contribution in [3.8, 4) is 16.3 Å². The van der Waals surface area contributed by atoms with Gasteiger partial charge >= 0.3 is 0 Å². The van der Waals surface area contributed by atoms with Gasteiger partial charge in [0.05, 0.1) is 40.7 Å². The minimum Gasteiger partial charge on any atom is -0.494 e. The van der Waals surface area contributed by atoms with Crippen molar-refractivity contribution >= 4 is 40.3 Å². The van der Waals surface area contributed by atoms with Gasteiger partial charge in [-0.15, -0.1) is 26.6 Å². The molecule has 0 spiro atoms. The summed E-state index contributed by atoms with van der Waals surface area (Å²) in [6.45, 7) is 0.729. The minimum absolute atomic E-state index is 0.156. The molecule has 3 heterocycles. The highest BCUT2D eigenvalue weighted by Gasteiger charge is 2.19. The highest BCUT2D eigenvalue weighted by Crippen LogP contribution is 2.40. The van der Waals surface area contributed by atoms with Gasteiger partial charge in [-0.2, -0.15) is 5.10 Å². The van der Waals surface area contributed by atoms with Gasteiger partial charge in [-0.1, -0.05) is 6.07 Å². The molecule has 1 unspecified atom stereocenters. The number of aryl methyl sites for hydroxylation is 1. The van der Waals surface area contributed by atoms with Gasteiger partial charge in [0.1, 0.15) is 5.01 Å². The maximum absolute atomic E-state index is 12.8. The Labute approximate surface area is 209 Å². The molecule has 35 heavy (non-hydrogen) atoms. The number of carbonyl (C=O) groups excluding carboxylic acids is 1. The lowest BCUT2D eigenvalue weighted by Gasteiger charge is -2.16.